The van der Waals surface area contributed by atoms with E-state index in [0.717, 1.165) is 11.3 Å². The van der Waals surface area contributed by atoms with Gasteiger partial charge >= 0.3 is 0 Å². The Balaban J connectivity index is 1.97. The zero-order valence-corrected chi connectivity index (χ0v) is 11.1. The summed E-state index contributed by atoms with van der Waals surface area (Å²) in [7, 11) is 0. The first-order valence-corrected chi connectivity index (χ1v) is 7.10. The molecule has 0 fully saturated rings. The smallest absolute Gasteiger partial charge is 0.292 e. The monoisotopic (exact) mass is 266 g/mol. The van der Waals surface area contributed by atoms with Crippen LogP contribution >= 0.6 is 11.3 Å². The first-order valence-electron chi connectivity index (χ1n) is 6.22. The second kappa shape index (κ2) is 4.21. The minimum Gasteiger partial charge on any atom is -0.434 e. The Labute approximate surface area is 115 Å². The predicted molar refractivity (Wildman–Crippen MR) is 76.0 cm³/mol. The summed E-state index contributed by atoms with van der Waals surface area (Å²) in [5.74, 6) is 0.996. The summed E-state index contributed by atoms with van der Waals surface area (Å²) in [4.78, 5) is 1.25. The number of pyridine rings is 1. The molecule has 0 unspecified atom stereocenters. The van der Waals surface area contributed by atoms with Gasteiger partial charge in [0.2, 0.25) is 5.69 Å². The third kappa shape index (κ3) is 1.66. The highest BCUT2D eigenvalue weighted by Gasteiger charge is 2.25. The number of hydrogen-bond donors (Lipinski definition) is 0. The van der Waals surface area contributed by atoms with Crippen LogP contribution in [0.5, 0.6) is 5.75 Å². The zero-order valence-electron chi connectivity index (χ0n) is 10.2. The lowest BCUT2D eigenvalue weighted by Gasteiger charge is -2.17. The SMILES string of the molecule is c1csc(-c2cccc3c2OC[n+]2ccccc2-3)c1. The number of ether oxygens (including phenoxy) is 1. The van der Waals surface area contributed by atoms with Gasteiger partial charge in [0.1, 0.15) is 5.75 Å². The fourth-order valence-corrected chi connectivity index (χ4v) is 3.24. The van der Waals surface area contributed by atoms with Crippen molar-refractivity contribution < 1.29 is 9.30 Å². The van der Waals surface area contributed by atoms with E-state index >= 15 is 0 Å². The molecule has 3 heteroatoms. The van der Waals surface area contributed by atoms with Gasteiger partial charge in [0.25, 0.3) is 6.73 Å². The number of aromatic nitrogens is 1. The van der Waals surface area contributed by atoms with E-state index in [4.69, 9.17) is 4.74 Å². The molecule has 19 heavy (non-hydrogen) atoms. The molecule has 0 aliphatic carbocycles. The fraction of sp³-hybridized carbons (Fsp3) is 0.0625. The van der Waals surface area contributed by atoms with E-state index in [0.29, 0.717) is 6.73 Å². The predicted octanol–water partition coefficient (Wildman–Crippen LogP) is 3.72. The van der Waals surface area contributed by atoms with Crippen molar-refractivity contribution in [2.75, 3.05) is 0 Å². The van der Waals surface area contributed by atoms with Gasteiger partial charge in [-0.2, -0.15) is 4.57 Å². The van der Waals surface area contributed by atoms with Crippen molar-refractivity contribution in [3.8, 4) is 27.4 Å². The molecule has 0 spiro atoms. The number of benzene rings is 1. The van der Waals surface area contributed by atoms with Gasteiger partial charge in [-0.05, 0) is 29.6 Å². The molecule has 1 aromatic carbocycles. The maximum absolute atomic E-state index is 5.97. The Morgan fingerprint density at radius 1 is 0.947 bits per heavy atom. The highest BCUT2D eigenvalue weighted by atomic mass is 32.1. The van der Waals surface area contributed by atoms with Crippen molar-refractivity contribution in [3.63, 3.8) is 0 Å². The van der Waals surface area contributed by atoms with Crippen molar-refractivity contribution in [1.29, 1.82) is 0 Å². The van der Waals surface area contributed by atoms with Crippen LogP contribution < -0.4 is 9.30 Å². The number of hydrogen-bond acceptors (Lipinski definition) is 2. The van der Waals surface area contributed by atoms with E-state index < -0.39 is 0 Å². The average molecular weight is 266 g/mol. The number of thiophene rings is 1. The Bertz CT molecular complexity index is 734. The molecule has 2 nitrogen and oxygen atoms in total. The van der Waals surface area contributed by atoms with Gasteiger partial charge in [-0.15, -0.1) is 11.3 Å². The molecule has 3 heterocycles. The second-order valence-corrected chi connectivity index (χ2v) is 5.44. The van der Waals surface area contributed by atoms with Crippen LogP contribution in [0.15, 0.2) is 60.1 Å². The third-order valence-corrected chi connectivity index (χ3v) is 4.27. The number of fused-ring (bicyclic) bond motifs is 3. The van der Waals surface area contributed by atoms with Gasteiger partial charge in [-0.25, -0.2) is 0 Å². The lowest BCUT2D eigenvalue weighted by atomic mass is 10.0. The first kappa shape index (κ1) is 10.8. The van der Waals surface area contributed by atoms with Crippen molar-refractivity contribution >= 4 is 11.3 Å². The number of para-hydroxylation sites is 1. The van der Waals surface area contributed by atoms with E-state index in [-0.39, 0.29) is 0 Å². The highest BCUT2D eigenvalue weighted by molar-refractivity contribution is 7.13. The molecule has 1 aliphatic rings. The summed E-state index contributed by atoms with van der Waals surface area (Å²) >= 11 is 1.74. The maximum Gasteiger partial charge on any atom is 0.292 e. The molecule has 4 rings (SSSR count). The van der Waals surface area contributed by atoms with Gasteiger partial charge in [-0.1, -0.05) is 12.1 Å². The van der Waals surface area contributed by atoms with E-state index in [1.165, 1.54) is 16.1 Å². The standard InChI is InChI=1S/C16H12NOS/c1-2-9-17-11-18-16-12(14(17)7-1)5-3-6-13(16)15-8-4-10-19-15/h1-10H,11H2/q+1. The number of nitrogens with zero attached hydrogens (tertiary/aromatic N) is 1. The van der Waals surface area contributed by atoms with Crippen molar-refractivity contribution in [3.05, 3.63) is 60.1 Å². The van der Waals surface area contributed by atoms with Gasteiger partial charge in [0.05, 0.1) is 5.56 Å². The molecule has 0 N–H and O–H groups in total. The van der Waals surface area contributed by atoms with Crippen LogP contribution in [0.2, 0.25) is 0 Å². The largest absolute Gasteiger partial charge is 0.434 e. The topological polar surface area (TPSA) is 13.1 Å². The van der Waals surface area contributed by atoms with Crippen LogP contribution in [-0.2, 0) is 6.73 Å². The summed E-state index contributed by atoms with van der Waals surface area (Å²) < 4.78 is 8.10. The summed E-state index contributed by atoms with van der Waals surface area (Å²) in [5.41, 5.74) is 3.56. The molecule has 0 saturated carbocycles. The Morgan fingerprint density at radius 3 is 2.79 bits per heavy atom. The first-order chi connectivity index (χ1) is 9.43. The Morgan fingerprint density at radius 2 is 1.89 bits per heavy atom. The quantitative estimate of drug-likeness (QED) is 0.612. The lowest BCUT2D eigenvalue weighted by molar-refractivity contribution is -0.717. The third-order valence-electron chi connectivity index (χ3n) is 3.37. The fourth-order valence-electron chi connectivity index (χ4n) is 2.49. The van der Waals surface area contributed by atoms with Gasteiger partial charge in [0.15, 0.2) is 6.20 Å². The Kier molecular flexibility index (Phi) is 2.38. The second-order valence-electron chi connectivity index (χ2n) is 4.49. The van der Waals surface area contributed by atoms with Gasteiger partial charge in [0, 0.05) is 22.6 Å². The van der Waals surface area contributed by atoms with Crippen LogP contribution in [0.4, 0.5) is 0 Å². The van der Waals surface area contributed by atoms with Crippen molar-refractivity contribution in [1.82, 2.24) is 0 Å². The summed E-state index contributed by atoms with van der Waals surface area (Å²) in [5, 5.41) is 2.10. The normalized spacial score (nSPS) is 12.4. The minimum atomic E-state index is 0.575. The molecule has 3 aromatic rings. The maximum atomic E-state index is 5.97. The van der Waals surface area contributed by atoms with Gasteiger partial charge in [-0.3, -0.25) is 0 Å². The average Bonchev–Trinajstić information content (AvgIpc) is 3.00. The summed E-state index contributed by atoms with van der Waals surface area (Å²) in [6.45, 7) is 0.575. The molecule has 0 saturated heterocycles. The molecule has 0 bridgehead atoms. The molecule has 2 aromatic heterocycles. The van der Waals surface area contributed by atoms with Gasteiger partial charge < -0.3 is 4.74 Å². The molecular formula is C16H12NOS+. The van der Waals surface area contributed by atoms with Crippen LogP contribution in [0.25, 0.3) is 21.7 Å². The minimum absolute atomic E-state index is 0.575. The zero-order chi connectivity index (χ0) is 12.7. The van der Waals surface area contributed by atoms with Crippen LogP contribution in [0.1, 0.15) is 0 Å². The molecule has 0 radical (unpaired) electrons. The van der Waals surface area contributed by atoms with Crippen molar-refractivity contribution in [2.45, 2.75) is 6.73 Å². The van der Waals surface area contributed by atoms with Crippen LogP contribution in [0.3, 0.4) is 0 Å². The molecule has 1 aliphatic heterocycles. The molecular weight excluding hydrogens is 254 g/mol. The summed E-state index contributed by atoms with van der Waals surface area (Å²) in [6.07, 6.45) is 2.05. The molecule has 0 atom stereocenters. The number of rotatable bonds is 1. The van der Waals surface area contributed by atoms with E-state index in [2.05, 4.69) is 58.6 Å². The molecule has 92 valence electrons. The van der Waals surface area contributed by atoms with E-state index in [1.807, 2.05) is 6.07 Å². The van der Waals surface area contributed by atoms with E-state index in [9.17, 15) is 0 Å². The molecule has 0 amide bonds. The van der Waals surface area contributed by atoms with Crippen LogP contribution in [0, 0.1) is 0 Å². The van der Waals surface area contributed by atoms with E-state index in [1.54, 1.807) is 11.3 Å². The van der Waals surface area contributed by atoms with Crippen LogP contribution in [-0.4, -0.2) is 0 Å². The Hall–Kier alpha value is -2.13. The van der Waals surface area contributed by atoms with Crippen molar-refractivity contribution in [2.24, 2.45) is 0 Å². The summed E-state index contributed by atoms with van der Waals surface area (Å²) in [6, 6.07) is 16.8. The lowest BCUT2D eigenvalue weighted by Crippen LogP contribution is -2.41. The highest BCUT2D eigenvalue weighted by Crippen LogP contribution is 2.41.